The minimum Gasteiger partial charge on any atom is -0.344 e. The predicted molar refractivity (Wildman–Crippen MR) is 62.4 cm³/mol. The summed E-state index contributed by atoms with van der Waals surface area (Å²) in [7, 11) is 3.95. The van der Waals surface area contributed by atoms with Gasteiger partial charge in [0.2, 0.25) is 0 Å². The maximum atomic E-state index is 5.77. The third-order valence-corrected chi connectivity index (χ3v) is 3.37. The molecule has 80 valence electrons. The Morgan fingerprint density at radius 1 is 1.60 bits per heavy atom. The third kappa shape index (κ3) is 2.30. The van der Waals surface area contributed by atoms with Gasteiger partial charge < -0.3 is 9.47 Å². The second kappa shape index (κ2) is 4.20. The van der Waals surface area contributed by atoms with Gasteiger partial charge >= 0.3 is 0 Å². The summed E-state index contributed by atoms with van der Waals surface area (Å²) < 4.78 is 1.99. The topological polar surface area (TPSA) is 34.0 Å². The van der Waals surface area contributed by atoms with E-state index >= 15 is 0 Å². The lowest BCUT2D eigenvalue weighted by Gasteiger charge is -2.14. The first kappa shape index (κ1) is 10.4. The number of hydrogen-bond acceptors (Lipinski definition) is 4. The van der Waals surface area contributed by atoms with Gasteiger partial charge in [0.05, 0.1) is 6.54 Å². The number of hydrogen-bond donors (Lipinski definition) is 0. The zero-order chi connectivity index (χ0) is 10.8. The largest absolute Gasteiger partial charge is 0.344 e. The smallest absolute Gasteiger partial charge is 0.186 e. The van der Waals surface area contributed by atoms with Crippen LogP contribution in [0.1, 0.15) is 5.82 Å². The fraction of sp³-hybridized carbons (Fsp3) is 0.333. The van der Waals surface area contributed by atoms with Crippen LogP contribution in [-0.4, -0.2) is 21.6 Å². The summed E-state index contributed by atoms with van der Waals surface area (Å²) in [4.78, 5) is 10.5. The van der Waals surface area contributed by atoms with Gasteiger partial charge in [-0.2, -0.15) is 0 Å². The van der Waals surface area contributed by atoms with E-state index < -0.39 is 0 Å². The summed E-state index contributed by atoms with van der Waals surface area (Å²) in [6.07, 6.45) is 3.72. The summed E-state index contributed by atoms with van der Waals surface area (Å²) in [5.74, 6) is 1.00. The molecule has 15 heavy (non-hydrogen) atoms. The Kier molecular flexibility index (Phi) is 2.93. The van der Waals surface area contributed by atoms with Gasteiger partial charge in [-0.15, -0.1) is 11.3 Å². The van der Waals surface area contributed by atoms with Crippen LogP contribution in [0, 0.1) is 0 Å². The standard InChI is InChI=1S/C9H11ClN4S/c1-13-4-3-11-8(13)5-14(2)9-12-7(10)6-15-9/h3-4,6H,5H2,1-2H3. The minimum atomic E-state index is 0.543. The second-order valence-electron chi connectivity index (χ2n) is 3.26. The molecule has 0 radical (unpaired) electrons. The van der Waals surface area contributed by atoms with Crippen molar-refractivity contribution in [1.82, 2.24) is 14.5 Å². The highest BCUT2D eigenvalue weighted by molar-refractivity contribution is 7.14. The molecule has 0 unspecified atom stereocenters. The Hall–Kier alpha value is -1.07. The van der Waals surface area contributed by atoms with Crippen molar-refractivity contribution >= 4 is 28.1 Å². The lowest BCUT2D eigenvalue weighted by atomic mass is 10.5. The van der Waals surface area contributed by atoms with Crippen molar-refractivity contribution in [3.63, 3.8) is 0 Å². The van der Waals surface area contributed by atoms with E-state index in [4.69, 9.17) is 11.6 Å². The number of aromatic nitrogens is 3. The lowest BCUT2D eigenvalue weighted by Crippen LogP contribution is -2.18. The number of rotatable bonds is 3. The molecular weight excluding hydrogens is 232 g/mol. The van der Waals surface area contributed by atoms with Crippen LogP contribution in [0.4, 0.5) is 5.13 Å². The van der Waals surface area contributed by atoms with Crippen molar-refractivity contribution in [1.29, 1.82) is 0 Å². The zero-order valence-corrected chi connectivity index (χ0v) is 10.1. The molecule has 0 fully saturated rings. The van der Waals surface area contributed by atoms with Gasteiger partial charge in [-0.3, -0.25) is 0 Å². The number of thiazole rings is 1. The molecule has 0 atom stereocenters. The number of aryl methyl sites for hydroxylation is 1. The van der Waals surface area contributed by atoms with E-state index in [0.29, 0.717) is 5.15 Å². The third-order valence-electron chi connectivity index (χ3n) is 2.09. The van der Waals surface area contributed by atoms with E-state index in [0.717, 1.165) is 17.5 Å². The Bertz CT molecular complexity index is 450. The van der Waals surface area contributed by atoms with Crippen molar-refractivity contribution in [2.45, 2.75) is 6.54 Å². The molecule has 0 aliphatic heterocycles. The maximum absolute atomic E-state index is 5.77. The molecule has 2 rings (SSSR count). The van der Waals surface area contributed by atoms with Gasteiger partial charge in [-0.25, -0.2) is 9.97 Å². The first-order valence-corrected chi connectivity index (χ1v) is 5.71. The first-order valence-electron chi connectivity index (χ1n) is 4.45. The molecule has 0 saturated carbocycles. The SMILES string of the molecule is CN(Cc1nccn1C)c1nc(Cl)cs1. The highest BCUT2D eigenvalue weighted by Gasteiger charge is 2.08. The fourth-order valence-corrected chi connectivity index (χ4v) is 2.16. The van der Waals surface area contributed by atoms with E-state index in [1.165, 1.54) is 11.3 Å². The van der Waals surface area contributed by atoms with Crippen molar-refractivity contribution in [2.75, 3.05) is 11.9 Å². The molecule has 2 aromatic rings. The van der Waals surface area contributed by atoms with Gasteiger partial charge in [0, 0.05) is 31.9 Å². The molecule has 0 saturated heterocycles. The Labute approximate surface area is 97.1 Å². The number of halogens is 1. The van der Waals surface area contributed by atoms with Crippen LogP contribution in [0.15, 0.2) is 17.8 Å². The van der Waals surface area contributed by atoms with E-state index in [1.54, 1.807) is 6.20 Å². The van der Waals surface area contributed by atoms with Crippen molar-refractivity contribution in [2.24, 2.45) is 7.05 Å². The molecule has 0 N–H and O–H groups in total. The number of anilines is 1. The van der Waals surface area contributed by atoms with Crippen molar-refractivity contribution in [3.05, 3.63) is 28.8 Å². The molecule has 2 heterocycles. The zero-order valence-electron chi connectivity index (χ0n) is 8.51. The van der Waals surface area contributed by atoms with Crippen molar-refractivity contribution in [3.8, 4) is 0 Å². The van der Waals surface area contributed by atoms with Crippen LogP contribution in [0.3, 0.4) is 0 Å². The number of nitrogens with zero attached hydrogens (tertiary/aromatic N) is 4. The minimum absolute atomic E-state index is 0.543. The molecule has 4 nitrogen and oxygen atoms in total. The molecule has 0 amide bonds. The summed E-state index contributed by atoms with van der Waals surface area (Å²) in [5, 5.41) is 3.27. The van der Waals surface area contributed by atoms with Crippen LogP contribution >= 0.6 is 22.9 Å². The van der Waals surface area contributed by atoms with Gasteiger partial charge in [0.25, 0.3) is 0 Å². The highest BCUT2D eigenvalue weighted by Crippen LogP contribution is 2.22. The highest BCUT2D eigenvalue weighted by atomic mass is 35.5. The molecule has 0 aromatic carbocycles. The predicted octanol–water partition coefficient (Wildman–Crippen LogP) is 2.17. The lowest BCUT2D eigenvalue weighted by molar-refractivity contribution is 0.760. The molecule has 0 aliphatic rings. The summed E-state index contributed by atoms with van der Waals surface area (Å²) in [6, 6.07) is 0. The monoisotopic (exact) mass is 242 g/mol. The Morgan fingerprint density at radius 2 is 2.40 bits per heavy atom. The molecule has 0 bridgehead atoms. The van der Waals surface area contributed by atoms with Crippen molar-refractivity contribution < 1.29 is 0 Å². The van der Waals surface area contributed by atoms with E-state index in [2.05, 4.69) is 9.97 Å². The average molecular weight is 243 g/mol. The maximum Gasteiger partial charge on any atom is 0.186 e. The van der Waals surface area contributed by atoms with Gasteiger partial charge in [-0.1, -0.05) is 11.6 Å². The number of imidazole rings is 1. The van der Waals surface area contributed by atoms with Gasteiger partial charge in [-0.05, 0) is 0 Å². The van der Waals surface area contributed by atoms with E-state index in [-0.39, 0.29) is 0 Å². The van der Waals surface area contributed by atoms with Crippen LogP contribution in [0.5, 0.6) is 0 Å². The molecular formula is C9H11ClN4S. The van der Waals surface area contributed by atoms with Crippen LogP contribution in [-0.2, 0) is 13.6 Å². The van der Waals surface area contributed by atoms with Gasteiger partial charge in [0.15, 0.2) is 5.13 Å². The van der Waals surface area contributed by atoms with E-state index in [9.17, 15) is 0 Å². The second-order valence-corrected chi connectivity index (χ2v) is 4.49. The summed E-state index contributed by atoms with van der Waals surface area (Å²) in [5.41, 5.74) is 0. The van der Waals surface area contributed by atoms with Crippen LogP contribution < -0.4 is 4.90 Å². The Morgan fingerprint density at radius 3 is 2.93 bits per heavy atom. The average Bonchev–Trinajstić information content (AvgIpc) is 2.77. The molecule has 0 aliphatic carbocycles. The van der Waals surface area contributed by atoms with Gasteiger partial charge in [0.1, 0.15) is 11.0 Å². The first-order chi connectivity index (χ1) is 7.16. The summed E-state index contributed by atoms with van der Waals surface area (Å²) in [6.45, 7) is 0.730. The van der Waals surface area contributed by atoms with E-state index in [1.807, 2.05) is 35.1 Å². The van der Waals surface area contributed by atoms with Crippen LogP contribution in [0.25, 0.3) is 0 Å². The molecule has 0 spiro atoms. The Balaban J connectivity index is 2.10. The fourth-order valence-electron chi connectivity index (χ4n) is 1.25. The normalized spacial score (nSPS) is 10.6. The quantitative estimate of drug-likeness (QED) is 0.827. The van der Waals surface area contributed by atoms with Crippen LogP contribution in [0.2, 0.25) is 5.15 Å². The molecule has 2 aromatic heterocycles. The summed E-state index contributed by atoms with van der Waals surface area (Å²) >= 11 is 7.30. The molecule has 6 heteroatoms.